The minimum absolute atomic E-state index is 0. The van der Waals surface area contributed by atoms with Crippen LogP contribution in [0.15, 0.2) is 47.6 Å². The van der Waals surface area contributed by atoms with Gasteiger partial charge in [-0.25, -0.2) is 18.4 Å². The summed E-state index contributed by atoms with van der Waals surface area (Å²) < 4.78 is 28.1. The molecule has 1 aromatic carbocycles. The smallest absolute Gasteiger partial charge is 0.191 e. The van der Waals surface area contributed by atoms with Crippen molar-refractivity contribution in [2.75, 3.05) is 7.05 Å². The van der Waals surface area contributed by atoms with Gasteiger partial charge in [-0.05, 0) is 49.2 Å². The molecule has 3 rings (SSSR count). The fourth-order valence-corrected chi connectivity index (χ4v) is 2.75. The number of benzene rings is 1. The van der Waals surface area contributed by atoms with E-state index in [-0.39, 0.29) is 24.0 Å². The first-order chi connectivity index (χ1) is 13.5. The van der Waals surface area contributed by atoms with Crippen LogP contribution in [0.1, 0.15) is 22.5 Å². The maximum absolute atomic E-state index is 13.3. The zero-order chi connectivity index (χ0) is 20.1. The predicted octanol–water partition coefficient (Wildman–Crippen LogP) is 3.65. The van der Waals surface area contributed by atoms with Gasteiger partial charge < -0.3 is 10.6 Å². The highest BCUT2D eigenvalue weighted by Gasteiger charge is 2.06. The third-order valence-electron chi connectivity index (χ3n) is 4.16. The Morgan fingerprint density at radius 1 is 1.00 bits per heavy atom. The molecular weight excluding hydrogens is 489 g/mol. The van der Waals surface area contributed by atoms with Crippen molar-refractivity contribution in [3.8, 4) is 5.82 Å². The average molecular weight is 512 g/mol. The predicted molar refractivity (Wildman–Crippen MR) is 120 cm³/mol. The number of hydrogen-bond acceptors (Lipinski definition) is 3. The summed E-state index contributed by atoms with van der Waals surface area (Å²) in [7, 11) is 1.64. The molecule has 0 aliphatic heterocycles. The number of guanidine groups is 1. The van der Waals surface area contributed by atoms with E-state index in [1.54, 1.807) is 17.9 Å². The van der Waals surface area contributed by atoms with Gasteiger partial charge in [-0.15, -0.1) is 24.0 Å². The molecule has 0 saturated carbocycles. The molecule has 2 aromatic heterocycles. The first kappa shape index (κ1) is 22.7. The van der Waals surface area contributed by atoms with Crippen molar-refractivity contribution in [3.63, 3.8) is 0 Å². The SMILES string of the molecule is CN=C(NCc1ccc(-n2nc(C)cc2C)nc1)NCc1ccc(F)c(F)c1.I. The summed E-state index contributed by atoms with van der Waals surface area (Å²) in [5, 5.41) is 10.7. The molecule has 0 aliphatic rings. The number of aliphatic imine (C=N–C) groups is 1. The summed E-state index contributed by atoms with van der Waals surface area (Å²) in [6.07, 6.45) is 1.78. The van der Waals surface area contributed by atoms with Crippen LogP contribution in [-0.2, 0) is 13.1 Å². The first-order valence-corrected chi connectivity index (χ1v) is 8.83. The monoisotopic (exact) mass is 512 g/mol. The Bertz CT molecular complexity index is 985. The fourth-order valence-electron chi connectivity index (χ4n) is 2.75. The van der Waals surface area contributed by atoms with Crippen molar-refractivity contribution in [2.45, 2.75) is 26.9 Å². The second-order valence-electron chi connectivity index (χ2n) is 6.39. The van der Waals surface area contributed by atoms with Crippen molar-refractivity contribution in [1.29, 1.82) is 0 Å². The highest BCUT2D eigenvalue weighted by atomic mass is 127. The summed E-state index contributed by atoms with van der Waals surface area (Å²) in [5.74, 6) is -0.416. The molecule has 0 amide bonds. The van der Waals surface area contributed by atoms with Gasteiger partial charge in [0.15, 0.2) is 23.4 Å². The number of rotatable bonds is 5. The quantitative estimate of drug-likeness (QED) is 0.311. The van der Waals surface area contributed by atoms with Crippen LogP contribution < -0.4 is 10.6 Å². The van der Waals surface area contributed by atoms with Gasteiger partial charge in [-0.2, -0.15) is 5.10 Å². The number of halogens is 3. The molecular formula is C20H23F2IN6. The van der Waals surface area contributed by atoms with E-state index in [1.807, 2.05) is 32.0 Å². The zero-order valence-electron chi connectivity index (χ0n) is 16.4. The largest absolute Gasteiger partial charge is 0.352 e. The topological polar surface area (TPSA) is 67.1 Å². The van der Waals surface area contributed by atoms with Crippen molar-refractivity contribution in [3.05, 3.63) is 76.7 Å². The zero-order valence-corrected chi connectivity index (χ0v) is 18.7. The molecule has 0 bridgehead atoms. The molecule has 29 heavy (non-hydrogen) atoms. The van der Waals surface area contributed by atoms with Crippen LogP contribution in [0.2, 0.25) is 0 Å². The Hall–Kier alpha value is -2.56. The molecule has 2 heterocycles. The summed E-state index contributed by atoms with van der Waals surface area (Å²) >= 11 is 0. The van der Waals surface area contributed by atoms with Crippen molar-refractivity contribution >= 4 is 29.9 Å². The molecule has 0 saturated heterocycles. The number of nitrogens with zero attached hydrogens (tertiary/aromatic N) is 4. The molecule has 154 valence electrons. The van der Waals surface area contributed by atoms with Crippen LogP contribution >= 0.6 is 24.0 Å². The maximum Gasteiger partial charge on any atom is 0.191 e. The minimum Gasteiger partial charge on any atom is -0.352 e. The molecule has 9 heteroatoms. The molecule has 2 N–H and O–H groups in total. The standard InChI is InChI=1S/C20H22F2N6.HI/c1-13-8-14(2)28(27-13)19-7-5-16(11-24-19)12-26-20(23-3)25-10-15-4-6-17(21)18(22)9-15;/h4-9,11H,10,12H2,1-3H3,(H2,23,25,26);1H. The summed E-state index contributed by atoms with van der Waals surface area (Å²) in [5.41, 5.74) is 3.57. The summed E-state index contributed by atoms with van der Waals surface area (Å²) in [6.45, 7) is 4.77. The molecule has 0 aliphatic carbocycles. The van der Waals surface area contributed by atoms with Crippen molar-refractivity contribution in [1.82, 2.24) is 25.4 Å². The van der Waals surface area contributed by atoms with Gasteiger partial charge in [0, 0.05) is 32.0 Å². The molecule has 6 nitrogen and oxygen atoms in total. The Morgan fingerprint density at radius 3 is 2.24 bits per heavy atom. The Balaban J connectivity index is 0.00000300. The van der Waals surface area contributed by atoms with Crippen molar-refractivity contribution < 1.29 is 8.78 Å². The lowest BCUT2D eigenvalue weighted by atomic mass is 10.2. The fraction of sp³-hybridized carbons (Fsp3) is 0.250. The molecule has 3 aromatic rings. The van der Waals surface area contributed by atoms with Crippen LogP contribution in [0.5, 0.6) is 0 Å². The lowest BCUT2D eigenvalue weighted by Gasteiger charge is -2.12. The third-order valence-corrected chi connectivity index (χ3v) is 4.16. The third kappa shape index (κ3) is 5.96. The number of aromatic nitrogens is 3. The van der Waals surface area contributed by atoms with E-state index in [4.69, 9.17) is 0 Å². The molecule has 0 radical (unpaired) electrons. The van der Waals surface area contributed by atoms with E-state index in [9.17, 15) is 8.78 Å². The highest BCUT2D eigenvalue weighted by Crippen LogP contribution is 2.10. The lowest BCUT2D eigenvalue weighted by Crippen LogP contribution is -2.36. The minimum atomic E-state index is -0.865. The summed E-state index contributed by atoms with van der Waals surface area (Å²) in [6, 6.07) is 9.68. The average Bonchev–Trinajstić information content (AvgIpc) is 3.03. The van der Waals surface area contributed by atoms with Crippen LogP contribution in [-0.4, -0.2) is 27.8 Å². The molecule has 0 atom stereocenters. The van der Waals surface area contributed by atoms with E-state index in [1.165, 1.54) is 6.07 Å². The van der Waals surface area contributed by atoms with Crippen LogP contribution in [0.25, 0.3) is 5.82 Å². The van der Waals surface area contributed by atoms with Crippen LogP contribution in [0, 0.1) is 25.5 Å². The number of aryl methyl sites for hydroxylation is 2. The highest BCUT2D eigenvalue weighted by molar-refractivity contribution is 14.0. The molecule has 0 unspecified atom stereocenters. The summed E-state index contributed by atoms with van der Waals surface area (Å²) in [4.78, 5) is 8.59. The Morgan fingerprint density at radius 2 is 1.69 bits per heavy atom. The second kappa shape index (κ2) is 10.3. The molecule has 0 spiro atoms. The van der Waals surface area contributed by atoms with E-state index in [0.29, 0.717) is 24.6 Å². The number of hydrogen-bond donors (Lipinski definition) is 2. The Kier molecular flexibility index (Phi) is 8.06. The van der Waals surface area contributed by atoms with Crippen LogP contribution in [0.3, 0.4) is 0 Å². The molecule has 0 fully saturated rings. The van der Waals surface area contributed by atoms with Crippen molar-refractivity contribution in [2.24, 2.45) is 4.99 Å². The van der Waals surface area contributed by atoms with Gasteiger partial charge in [-0.3, -0.25) is 4.99 Å². The van der Waals surface area contributed by atoms with Gasteiger partial charge in [0.2, 0.25) is 0 Å². The van der Waals surface area contributed by atoms with E-state index < -0.39 is 11.6 Å². The normalized spacial score (nSPS) is 11.1. The van der Waals surface area contributed by atoms with Gasteiger partial charge in [0.1, 0.15) is 0 Å². The van der Waals surface area contributed by atoms with Crippen LogP contribution in [0.4, 0.5) is 8.78 Å². The van der Waals surface area contributed by atoms with Gasteiger partial charge in [0.05, 0.1) is 5.69 Å². The number of nitrogens with one attached hydrogen (secondary N) is 2. The number of pyridine rings is 1. The Labute approximate surface area is 185 Å². The van der Waals surface area contributed by atoms with E-state index in [0.717, 1.165) is 34.9 Å². The maximum atomic E-state index is 13.3. The first-order valence-electron chi connectivity index (χ1n) is 8.83. The van der Waals surface area contributed by atoms with Gasteiger partial charge in [-0.1, -0.05) is 12.1 Å². The van der Waals surface area contributed by atoms with Gasteiger partial charge in [0.25, 0.3) is 0 Å². The van der Waals surface area contributed by atoms with Gasteiger partial charge >= 0.3 is 0 Å². The van der Waals surface area contributed by atoms with E-state index >= 15 is 0 Å². The second-order valence-corrected chi connectivity index (χ2v) is 6.39. The van der Waals surface area contributed by atoms with E-state index in [2.05, 4.69) is 25.7 Å². The lowest BCUT2D eigenvalue weighted by molar-refractivity contribution is 0.507.